The highest BCUT2D eigenvalue weighted by atomic mass is 19.4. The summed E-state index contributed by atoms with van der Waals surface area (Å²) in [6.07, 6.45) is -2.45. The van der Waals surface area contributed by atoms with E-state index in [0.717, 1.165) is 4.90 Å². The molecule has 4 rings (SSSR count). The third kappa shape index (κ3) is 7.58. The Morgan fingerprint density at radius 2 is 1.98 bits per heavy atom. The molecule has 4 atom stereocenters. The van der Waals surface area contributed by atoms with Gasteiger partial charge in [-0.25, -0.2) is 18.6 Å². The minimum Gasteiger partial charge on any atom is -0.382 e. The Labute approximate surface area is 244 Å². The number of nitrogens with one attached hydrogen (secondary N) is 3. The topological polar surface area (TPSA) is 130 Å². The molecule has 11 nitrogen and oxygen atoms in total. The van der Waals surface area contributed by atoms with Crippen LogP contribution in [0.4, 0.5) is 32.6 Å². The van der Waals surface area contributed by atoms with Crippen molar-refractivity contribution in [2.75, 3.05) is 25.6 Å². The van der Waals surface area contributed by atoms with Crippen LogP contribution in [0.5, 0.6) is 0 Å². The fraction of sp³-hybridized carbons (Fsp3) is 0.593. The summed E-state index contributed by atoms with van der Waals surface area (Å²) in [5.41, 5.74) is 0.467. The highest BCUT2D eigenvalue weighted by molar-refractivity contribution is 6.00. The van der Waals surface area contributed by atoms with E-state index in [2.05, 4.69) is 20.7 Å². The standard InChI is InChI=1S/C27H34F5N7O4/c1-15(2)39-18(7-10-34-39)23(40)37-22(17-5-4-8-26(28,29)12-17)24(41)36-21-11-16(6-9-33-21)19(14-43-3)38-13-20(27(30,31)32)35-25(38)42/h6-7,9-11,15,17,19-20,22H,4-5,8,12-14H2,1-3H3,(H,35,42)(H,37,40)(H,33,36,41)/t17-,19+,20-,22-/m0/s1. The number of halogens is 5. The second kappa shape index (κ2) is 12.8. The number of carbonyl (C=O) groups excluding carboxylic acids is 3. The van der Waals surface area contributed by atoms with Gasteiger partial charge in [-0.3, -0.25) is 14.3 Å². The van der Waals surface area contributed by atoms with Crippen molar-refractivity contribution in [2.24, 2.45) is 5.92 Å². The number of amides is 4. The summed E-state index contributed by atoms with van der Waals surface area (Å²) in [6, 6.07) is -1.22. The number of urea groups is 1. The van der Waals surface area contributed by atoms with Gasteiger partial charge in [0.15, 0.2) is 0 Å². The van der Waals surface area contributed by atoms with Gasteiger partial charge in [0.25, 0.3) is 5.91 Å². The summed E-state index contributed by atoms with van der Waals surface area (Å²) >= 11 is 0. The number of alkyl halides is 5. The molecule has 43 heavy (non-hydrogen) atoms. The zero-order valence-electron chi connectivity index (χ0n) is 23.8. The van der Waals surface area contributed by atoms with Gasteiger partial charge in [-0.05, 0) is 56.4 Å². The average Bonchev–Trinajstić information content (AvgIpc) is 3.57. The lowest BCUT2D eigenvalue weighted by Crippen LogP contribution is -2.51. The molecule has 0 aromatic carbocycles. The summed E-state index contributed by atoms with van der Waals surface area (Å²) < 4.78 is 75.2. The zero-order chi connectivity index (χ0) is 31.5. The van der Waals surface area contributed by atoms with Gasteiger partial charge in [0.2, 0.25) is 11.8 Å². The van der Waals surface area contributed by atoms with Crippen LogP contribution in [-0.2, 0) is 9.53 Å². The summed E-state index contributed by atoms with van der Waals surface area (Å²) in [7, 11) is 1.32. The average molecular weight is 616 g/mol. The Morgan fingerprint density at radius 3 is 2.60 bits per heavy atom. The van der Waals surface area contributed by atoms with Crippen molar-refractivity contribution < 1.29 is 41.1 Å². The molecule has 236 valence electrons. The van der Waals surface area contributed by atoms with Crippen LogP contribution in [0.15, 0.2) is 30.6 Å². The number of aromatic nitrogens is 3. The number of carbonyl (C=O) groups is 3. The van der Waals surface area contributed by atoms with E-state index in [9.17, 15) is 36.3 Å². The molecule has 3 N–H and O–H groups in total. The van der Waals surface area contributed by atoms with Gasteiger partial charge < -0.3 is 25.6 Å². The third-order valence-corrected chi connectivity index (χ3v) is 7.56. The van der Waals surface area contributed by atoms with Gasteiger partial charge in [0.05, 0.1) is 19.2 Å². The van der Waals surface area contributed by atoms with Crippen LogP contribution in [-0.4, -0.2) is 82.0 Å². The molecule has 4 amide bonds. The molecular weight excluding hydrogens is 581 g/mol. The van der Waals surface area contributed by atoms with E-state index in [4.69, 9.17) is 4.74 Å². The lowest BCUT2D eigenvalue weighted by molar-refractivity contribution is -0.150. The maximum atomic E-state index is 14.4. The molecule has 1 saturated heterocycles. The first-order valence-corrected chi connectivity index (χ1v) is 13.8. The van der Waals surface area contributed by atoms with Crippen LogP contribution in [0.1, 0.15) is 67.7 Å². The smallest absolute Gasteiger partial charge is 0.382 e. The van der Waals surface area contributed by atoms with E-state index in [1.807, 2.05) is 5.32 Å². The Balaban J connectivity index is 1.57. The first kappa shape index (κ1) is 32.1. The van der Waals surface area contributed by atoms with E-state index < -0.39 is 67.0 Å². The quantitative estimate of drug-likeness (QED) is 0.346. The maximum Gasteiger partial charge on any atom is 0.410 e. The SMILES string of the molecule is COC[C@H](c1ccnc(NC(=O)[C@@H](NC(=O)c2ccnn2C(C)C)[C@H]2CCCC(F)(F)C2)c1)N1C[C@@H](C(F)(F)F)NC1=O. The van der Waals surface area contributed by atoms with E-state index in [1.54, 1.807) is 13.8 Å². The highest BCUT2D eigenvalue weighted by Gasteiger charge is 2.48. The van der Waals surface area contributed by atoms with Crippen LogP contribution >= 0.6 is 0 Å². The maximum absolute atomic E-state index is 14.4. The van der Waals surface area contributed by atoms with E-state index in [1.165, 1.54) is 42.4 Å². The molecular formula is C27H34F5N7O4. The van der Waals surface area contributed by atoms with Gasteiger partial charge >= 0.3 is 12.2 Å². The Kier molecular flexibility index (Phi) is 9.57. The minimum absolute atomic E-state index is 0.0513. The van der Waals surface area contributed by atoms with Crippen LogP contribution in [0.3, 0.4) is 0 Å². The predicted molar refractivity (Wildman–Crippen MR) is 143 cm³/mol. The number of nitrogens with zero attached hydrogens (tertiary/aromatic N) is 4. The number of hydrogen-bond acceptors (Lipinski definition) is 6. The van der Waals surface area contributed by atoms with Crippen LogP contribution in [0.2, 0.25) is 0 Å². The van der Waals surface area contributed by atoms with Crippen LogP contribution in [0, 0.1) is 5.92 Å². The molecule has 0 radical (unpaired) electrons. The molecule has 2 aromatic heterocycles. The van der Waals surface area contributed by atoms with Crippen molar-refractivity contribution in [3.05, 3.63) is 41.9 Å². The number of anilines is 1. The van der Waals surface area contributed by atoms with E-state index in [0.29, 0.717) is 5.56 Å². The van der Waals surface area contributed by atoms with Crippen molar-refractivity contribution in [2.45, 2.75) is 75.8 Å². The molecule has 2 aromatic rings. The molecule has 16 heteroatoms. The molecule has 0 spiro atoms. The van der Waals surface area contributed by atoms with Gasteiger partial charge in [0.1, 0.15) is 23.6 Å². The Hall–Kier alpha value is -3.82. The van der Waals surface area contributed by atoms with E-state index >= 15 is 0 Å². The first-order chi connectivity index (χ1) is 20.2. The summed E-state index contributed by atoms with van der Waals surface area (Å²) in [5.74, 6) is -5.41. The number of ether oxygens (including phenoxy) is 1. The first-order valence-electron chi connectivity index (χ1n) is 13.8. The third-order valence-electron chi connectivity index (χ3n) is 7.56. The fourth-order valence-corrected chi connectivity index (χ4v) is 5.48. The highest BCUT2D eigenvalue weighted by Crippen LogP contribution is 2.38. The van der Waals surface area contributed by atoms with Gasteiger partial charge in [-0.2, -0.15) is 18.3 Å². The summed E-state index contributed by atoms with van der Waals surface area (Å²) in [6.45, 7) is 2.80. The molecule has 2 aliphatic rings. The molecule has 0 unspecified atom stereocenters. The van der Waals surface area contributed by atoms with E-state index in [-0.39, 0.29) is 43.4 Å². The zero-order valence-corrected chi connectivity index (χ0v) is 23.8. The predicted octanol–water partition coefficient (Wildman–Crippen LogP) is 4.07. The largest absolute Gasteiger partial charge is 0.410 e. The molecule has 2 fully saturated rings. The van der Waals surface area contributed by atoms with Gasteiger partial charge in [-0.15, -0.1) is 0 Å². The summed E-state index contributed by atoms with van der Waals surface area (Å²) in [4.78, 5) is 44.3. The van der Waals surface area contributed by atoms with Crippen LogP contribution < -0.4 is 16.0 Å². The lowest BCUT2D eigenvalue weighted by atomic mass is 9.81. The number of hydrogen-bond donors (Lipinski definition) is 3. The van der Waals surface area contributed by atoms with Gasteiger partial charge in [0, 0.05) is 38.4 Å². The minimum atomic E-state index is -4.65. The number of methoxy groups -OCH3 is 1. The second-order valence-corrected chi connectivity index (χ2v) is 11.0. The van der Waals surface area contributed by atoms with Crippen molar-refractivity contribution >= 4 is 23.7 Å². The Morgan fingerprint density at radius 1 is 1.23 bits per heavy atom. The molecule has 1 aliphatic heterocycles. The van der Waals surface area contributed by atoms with Crippen molar-refractivity contribution in [1.82, 2.24) is 30.3 Å². The molecule has 3 heterocycles. The molecule has 0 bridgehead atoms. The Bertz CT molecular complexity index is 1320. The molecule has 1 saturated carbocycles. The normalized spacial score (nSPS) is 21.8. The monoisotopic (exact) mass is 615 g/mol. The number of rotatable bonds is 10. The van der Waals surface area contributed by atoms with Crippen molar-refractivity contribution in [3.63, 3.8) is 0 Å². The molecule has 1 aliphatic carbocycles. The summed E-state index contributed by atoms with van der Waals surface area (Å²) in [5, 5.41) is 11.2. The van der Waals surface area contributed by atoms with Crippen LogP contribution in [0.25, 0.3) is 0 Å². The lowest BCUT2D eigenvalue weighted by Gasteiger charge is -2.34. The second-order valence-electron chi connectivity index (χ2n) is 11.0. The van der Waals surface area contributed by atoms with Crippen molar-refractivity contribution in [1.29, 1.82) is 0 Å². The van der Waals surface area contributed by atoms with Gasteiger partial charge in [-0.1, -0.05) is 0 Å². The van der Waals surface area contributed by atoms with Crippen molar-refractivity contribution in [3.8, 4) is 0 Å². The number of pyridine rings is 1. The fourth-order valence-electron chi connectivity index (χ4n) is 5.48.